The zero-order valence-electron chi connectivity index (χ0n) is 9.59. The van der Waals surface area contributed by atoms with Gasteiger partial charge in [-0.1, -0.05) is 6.92 Å². The Kier molecular flexibility index (Phi) is 3.69. The van der Waals surface area contributed by atoms with Crippen LogP contribution in [0.3, 0.4) is 0 Å². The Labute approximate surface area is 95.6 Å². The molecule has 5 nitrogen and oxygen atoms in total. The van der Waals surface area contributed by atoms with Gasteiger partial charge in [-0.2, -0.15) is 0 Å². The van der Waals surface area contributed by atoms with Gasteiger partial charge in [0.25, 0.3) is 0 Å². The number of nitrogens with zero attached hydrogens (tertiary/aromatic N) is 3. The number of rotatable bonds is 3. The summed E-state index contributed by atoms with van der Waals surface area (Å²) in [4.78, 5) is 10.8. The fraction of sp³-hybridized carbons (Fsp3) is 0.636. The van der Waals surface area contributed by atoms with Gasteiger partial charge in [-0.25, -0.2) is 9.97 Å². The lowest BCUT2D eigenvalue weighted by Crippen LogP contribution is -2.46. The molecule has 1 atom stereocenters. The van der Waals surface area contributed by atoms with Crippen LogP contribution in [0.1, 0.15) is 12.5 Å². The van der Waals surface area contributed by atoms with Gasteiger partial charge in [-0.3, -0.25) is 0 Å². The van der Waals surface area contributed by atoms with Crippen molar-refractivity contribution in [2.75, 3.05) is 31.1 Å². The molecule has 1 saturated heterocycles. The van der Waals surface area contributed by atoms with Crippen LogP contribution in [0.25, 0.3) is 0 Å². The Hall–Kier alpha value is -1.20. The first-order valence-electron chi connectivity index (χ1n) is 5.71. The largest absolute Gasteiger partial charge is 0.373 e. The lowest BCUT2D eigenvalue weighted by Gasteiger charge is -2.32. The molecule has 2 heterocycles. The van der Waals surface area contributed by atoms with E-state index >= 15 is 0 Å². The van der Waals surface area contributed by atoms with Crippen molar-refractivity contribution in [3.05, 3.63) is 18.0 Å². The van der Waals surface area contributed by atoms with E-state index in [1.54, 1.807) is 0 Å². The summed E-state index contributed by atoms with van der Waals surface area (Å²) in [6, 6.07) is 0. The molecule has 1 aliphatic heterocycles. The van der Waals surface area contributed by atoms with Gasteiger partial charge in [0.1, 0.15) is 0 Å². The molecule has 2 N–H and O–H groups in total. The molecule has 16 heavy (non-hydrogen) atoms. The average molecular weight is 222 g/mol. The van der Waals surface area contributed by atoms with Crippen molar-refractivity contribution in [2.45, 2.75) is 19.4 Å². The van der Waals surface area contributed by atoms with Crippen molar-refractivity contribution in [1.29, 1.82) is 0 Å². The molecule has 1 aliphatic rings. The zero-order chi connectivity index (χ0) is 11.4. The normalized spacial score (nSPS) is 21.1. The SMILES string of the molecule is CCc1cnc(N2CCOC(CN)C2)nc1. The quantitative estimate of drug-likeness (QED) is 0.791. The van der Waals surface area contributed by atoms with Crippen LogP contribution in [0.2, 0.25) is 0 Å². The van der Waals surface area contributed by atoms with E-state index in [1.165, 1.54) is 0 Å². The Morgan fingerprint density at radius 1 is 1.50 bits per heavy atom. The second-order valence-corrected chi connectivity index (χ2v) is 3.92. The molecule has 88 valence electrons. The first-order chi connectivity index (χ1) is 7.83. The molecule has 1 aromatic rings. The molecule has 0 spiro atoms. The minimum atomic E-state index is 0.100. The van der Waals surface area contributed by atoms with Crippen molar-refractivity contribution in [3.8, 4) is 0 Å². The van der Waals surface area contributed by atoms with Crippen LogP contribution in [0.5, 0.6) is 0 Å². The number of ether oxygens (including phenoxy) is 1. The van der Waals surface area contributed by atoms with Gasteiger partial charge in [-0.15, -0.1) is 0 Å². The minimum Gasteiger partial charge on any atom is -0.373 e. The molecule has 0 aromatic carbocycles. The van der Waals surface area contributed by atoms with Gasteiger partial charge in [0.2, 0.25) is 5.95 Å². The molecular weight excluding hydrogens is 204 g/mol. The van der Waals surface area contributed by atoms with Crippen LogP contribution in [0.4, 0.5) is 5.95 Å². The highest BCUT2D eigenvalue weighted by atomic mass is 16.5. The molecule has 0 radical (unpaired) electrons. The number of aromatic nitrogens is 2. The molecular formula is C11H18N4O. The number of anilines is 1. The topological polar surface area (TPSA) is 64.3 Å². The van der Waals surface area contributed by atoms with Crippen LogP contribution in [-0.2, 0) is 11.2 Å². The van der Waals surface area contributed by atoms with Gasteiger partial charge in [0, 0.05) is 32.0 Å². The highest BCUT2D eigenvalue weighted by molar-refractivity contribution is 5.30. The fourth-order valence-corrected chi connectivity index (χ4v) is 1.74. The van der Waals surface area contributed by atoms with Gasteiger partial charge in [0.05, 0.1) is 12.7 Å². The van der Waals surface area contributed by atoms with Crippen molar-refractivity contribution >= 4 is 5.95 Å². The summed E-state index contributed by atoms with van der Waals surface area (Å²) in [7, 11) is 0. The maximum Gasteiger partial charge on any atom is 0.225 e. The molecule has 2 rings (SSSR count). The van der Waals surface area contributed by atoms with Crippen molar-refractivity contribution in [1.82, 2.24) is 9.97 Å². The number of hydrogen-bond acceptors (Lipinski definition) is 5. The standard InChI is InChI=1S/C11H18N4O/c1-2-9-6-13-11(14-7-9)15-3-4-16-10(5-12)8-15/h6-7,10H,2-5,8,12H2,1H3. The average Bonchev–Trinajstić information content (AvgIpc) is 2.39. The fourth-order valence-electron chi connectivity index (χ4n) is 1.74. The predicted molar refractivity (Wildman–Crippen MR) is 62.4 cm³/mol. The summed E-state index contributed by atoms with van der Waals surface area (Å²) in [5.41, 5.74) is 6.76. The summed E-state index contributed by atoms with van der Waals surface area (Å²) in [5.74, 6) is 0.777. The van der Waals surface area contributed by atoms with Gasteiger partial charge >= 0.3 is 0 Å². The molecule has 5 heteroatoms. The highest BCUT2D eigenvalue weighted by Crippen LogP contribution is 2.12. The third kappa shape index (κ3) is 2.48. The van der Waals surface area contributed by atoms with E-state index in [0.717, 1.165) is 31.0 Å². The van der Waals surface area contributed by atoms with Gasteiger partial charge in [-0.05, 0) is 12.0 Å². The molecule has 1 aromatic heterocycles. The van der Waals surface area contributed by atoms with Gasteiger partial charge < -0.3 is 15.4 Å². The molecule has 1 unspecified atom stereocenters. The van der Waals surface area contributed by atoms with Crippen LogP contribution in [0.15, 0.2) is 12.4 Å². The lowest BCUT2D eigenvalue weighted by atomic mass is 10.2. The zero-order valence-corrected chi connectivity index (χ0v) is 9.59. The Morgan fingerprint density at radius 2 is 2.25 bits per heavy atom. The van der Waals surface area contributed by atoms with Gasteiger partial charge in [0.15, 0.2) is 0 Å². The highest BCUT2D eigenvalue weighted by Gasteiger charge is 2.20. The molecule has 1 fully saturated rings. The second kappa shape index (κ2) is 5.23. The summed E-state index contributed by atoms with van der Waals surface area (Å²) in [6.45, 7) is 4.95. The van der Waals surface area contributed by atoms with E-state index in [2.05, 4.69) is 21.8 Å². The Morgan fingerprint density at radius 3 is 2.88 bits per heavy atom. The molecule has 0 amide bonds. The number of nitrogens with two attached hydrogens (primary N) is 1. The van der Waals surface area contributed by atoms with Crippen LogP contribution in [-0.4, -0.2) is 42.3 Å². The second-order valence-electron chi connectivity index (χ2n) is 3.92. The molecule has 0 aliphatic carbocycles. The summed E-state index contributed by atoms with van der Waals surface area (Å²) < 4.78 is 5.50. The van der Waals surface area contributed by atoms with Crippen LogP contribution >= 0.6 is 0 Å². The summed E-state index contributed by atoms with van der Waals surface area (Å²) in [5, 5.41) is 0. The van der Waals surface area contributed by atoms with E-state index in [1.807, 2.05) is 12.4 Å². The Bertz CT molecular complexity index is 327. The summed E-state index contributed by atoms with van der Waals surface area (Å²) >= 11 is 0. The van der Waals surface area contributed by atoms with Crippen molar-refractivity contribution in [2.24, 2.45) is 5.73 Å². The number of morpholine rings is 1. The minimum absolute atomic E-state index is 0.100. The smallest absolute Gasteiger partial charge is 0.225 e. The van der Waals surface area contributed by atoms with E-state index < -0.39 is 0 Å². The van der Waals surface area contributed by atoms with Crippen LogP contribution in [0, 0.1) is 0 Å². The predicted octanol–water partition coefficient (Wildman–Crippen LogP) is 0.203. The molecule has 0 saturated carbocycles. The third-order valence-electron chi connectivity index (χ3n) is 2.78. The monoisotopic (exact) mass is 222 g/mol. The van der Waals surface area contributed by atoms with Crippen LogP contribution < -0.4 is 10.6 Å². The van der Waals surface area contributed by atoms with E-state index in [4.69, 9.17) is 10.5 Å². The summed E-state index contributed by atoms with van der Waals surface area (Å²) in [6.07, 6.45) is 4.84. The number of aryl methyl sites for hydroxylation is 1. The maximum absolute atomic E-state index is 5.60. The van der Waals surface area contributed by atoms with Crippen molar-refractivity contribution < 1.29 is 4.74 Å². The number of hydrogen-bond donors (Lipinski definition) is 1. The van der Waals surface area contributed by atoms with Crippen molar-refractivity contribution in [3.63, 3.8) is 0 Å². The van der Waals surface area contributed by atoms with E-state index in [9.17, 15) is 0 Å². The third-order valence-corrected chi connectivity index (χ3v) is 2.78. The maximum atomic E-state index is 5.60. The van der Waals surface area contributed by atoms with E-state index in [-0.39, 0.29) is 6.10 Å². The molecule has 0 bridgehead atoms. The Balaban J connectivity index is 2.05. The van der Waals surface area contributed by atoms with E-state index in [0.29, 0.717) is 13.2 Å². The first kappa shape index (κ1) is 11.3. The first-order valence-corrected chi connectivity index (χ1v) is 5.71. The lowest BCUT2D eigenvalue weighted by molar-refractivity contribution is 0.0460.